The lowest BCUT2D eigenvalue weighted by molar-refractivity contribution is -0.122. The van der Waals surface area contributed by atoms with Crippen LogP contribution in [0.25, 0.3) is 0 Å². The lowest BCUT2D eigenvalue weighted by Crippen LogP contribution is -2.45. The van der Waals surface area contributed by atoms with Gasteiger partial charge in [-0.25, -0.2) is 9.69 Å². The first-order valence-electron chi connectivity index (χ1n) is 8.90. The van der Waals surface area contributed by atoms with E-state index in [1.165, 1.54) is 18.3 Å². The summed E-state index contributed by atoms with van der Waals surface area (Å²) in [5.74, 6) is -0.504. The van der Waals surface area contributed by atoms with Gasteiger partial charge in [0.15, 0.2) is 0 Å². The molecule has 8 heteroatoms. The molecule has 0 saturated carbocycles. The van der Waals surface area contributed by atoms with E-state index in [0.29, 0.717) is 12.1 Å². The molecule has 0 radical (unpaired) electrons. The molecule has 1 fully saturated rings. The molecule has 1 aromatic carbocycles. The van der Waals surface area contributed by atoms with Crippen molar-refractivity contribution < 1.29 is 14.4 Å². The number of rotatable bonds is 5. The second-order valence-electron chi connectivity index (χ2n) is 7.34. The summed E-state index contributed by atoms with van der Waals surface area (Å²) in [5, 5.41) is 5.62. The predicted octanol–water partition coefficient (Wildman–Crippen LogP) is 3.85. The maximum Gasteiger partial charge on any atom is 0.329 e. The summed E-state index contributed by atoms with van der Waals surface area (Å²) in [6.07, 6.45) is 2.04. The van der Waals surface area contributed by atoms with E-state index in [1.54, 1.807) is 31.2 Å². The van der Waals surface area contributed by atoms with E-state index in [1.807, 2.05) is 13.8 Å². The van der Waals surface area contributed by atoms with Crippen LogP contribution in [-0.2, 0) is 4.79 Å². The normalized spacial score (nSPS) is 19.1. The van der Waals surface area contributed by atoms with Crippen molar-refractivity contribution in [3.8, 4) is 0 Å². The van der Waals surface area contributed by atoms with Gasteiger partial charge in [-0.1, -0.05) is 31.5 Å². The monoisotopic (exact) mass is 400 g/mol. The number of imide groups is 1. The highest BCUT2D eigenvalue weighted by Gasteiger charge is 2.49. The van der Waals surface area contributed by atoms with Crippen LogP contribution in [0.5, 0.6) is 0 Å². The molecule has 2 heterocycles. The average Bonchev–Trinajstić information content (AvgIpc) is 2.84. The summed E-state index contributed by atoms with van der Waals surface area (Å²) in [4.78, 5) is 42.6. The molecule has 3 rings (SSSR count). The van der Waals surface area contributed by atoms with Gasteiger partial charge < -0.3 is 10.6 Å². The maximum atomic E-state index is 12.9. The van der Waals surface area contributed by atoms with Gasteiger partial charge in [-0.2, -0.15) is 0 Å². The zero-order valence-electron chi connectivity index (χ0n) is 15.8. The molecular weight excluding hydrogens is 380 g/mol. The van der Waals surface area contributed by atoms with Gasteiger partial charge in [0.05, 0.1) is 10.7 Å². The quantitative estimate of drug-likeness (QED) is 0.746. The average molecular weight is 401 g/mol. The van der Waals surface area contributed by atoms with Gasteiger partial charge in [0, 0.05) is 11.9 Å². The van der Waals surface area contributed by atoms with Crippen molar-refractivity contribution in [1.29, 1.82) is 0 Å². The molecule has 1 aromatic heterocycles. The molecule has 1 saturated heterocycles. The molecule has 1 atom stereocenters. The van der Waals surface area contributed by atoms with Crippen molar-refractivity contribution in [3.05, 3.63) is 53.3 Å². The van der Waals surface area contributed by atoms with Crippen molar-refractivity contribution in [2.45, 2.75) is 32.7 Å². The van der Waals surface area contributed by atoms with Gasteiger partial charge in [0.2, 0.25) is 0 Å². The number of nitrogens with one attached hydrogen (secondary N) is 2. The third-order valence-electron chi connectivity index (χ3n) is 4.42. The summed E-state index contributed by atoms with van der Waals surface area (Å²) < 4.78 is 0. The Kier molecular flexibility index (Phi) is 5.38. The van der Waals surface area contributed by atoms with E-state index in [2.05, 4.69) is 15.6 Å². The van der Waals surface area contributed by atoms with Gasteiger partial charge in [-0.3, -0.25) is 14.6 Å². The molecule has 146 valence electrons. The van der Waals surface area contributed by atoms with Crippen molar-refractivity contribution >= 4 is 40.8 Å². The van der Waals surface area contributed by atoms with Crippen molar-refractivity contribution in [3.63, 3.8) is 0 Å². The minimum Gasteiger partial charge on any atom is -0.323 e. The number of urea groups is 1. The third-order valence-corrected chi connectivity index (χ3v) is 4.72. The van der Waals surface area contributed by atoms with E-state index < -0.39 is 11.6 Å². The van der Waals surface area contributed by atoms with Crippen molar-refractivity contribution in [2.75, 3.05) is 10.2 Å². The van der Waals surface area contributed by atoms with Gasteiger partial charge in [-0.15, -0.1) is 0 Å². The number of anilines is 2. The number of hydrogen-bond acceptors (Lipinski definition) is 4. The Morgan fingerprint density at radius 1 is 1.29 bits per heavy atom. The number of amides is 4. The van der Waals surface area contributed by atoms with Crippen LogP contribution in [0.4, 0.5) is 16.2 Å². The first kappa shape index (κ1) is 19.8. The van der Waals surface area contributed by atoms with Gasteiger partial charge in [0.25, 0.3) is 11.8 Å². The Morgan fingerprint density at radius 3 is 2.64 bits per heavy atom. The minimum absolute atomic E-state index is 0.177. The summed E-state index contributed by atoms with van der Waals surface area (Å²) in [6.45, 7) is 5.68. The Labute approximate surface area is 168 Å². The first-order chi connectivity index (χ1) is 13.2. The molecule has 0 aliphatic carbocycles. The Bertz CT molecular complexity index is 932. The zero-order chi connectivity index (χ0) is 20.5. The van der Waals surface area contributed by atoms with Crippen LogP contribution in [0.3, 0.4) is 0 Å². The third kappa shape index (κ3) is 3.84. The van der Waals surface area contributed by atoms with Crippen LogP contribution in [0.1, 0.15) is 37.7 Å². The van der Waals surface area contributed by atoms with Crippen LogP contribution >= 0.6 is 11.6 Å². The SMILES string of the molecule is CC(C)C[C@@]1(C)NC(=O)N(c2ccc(NC(=O)c3ccccn3)cc2Cl)C1=O. The lowest BCUT2D eigenvalue weighted by Gasteiger charge is -2.23. The van der Waals surface area contributed by atoms with Gasteiger partial charge in [0.1, 0.15) is 11.2 Å². The number of carbonyl (C=O) groups excluding carboxylic acids is 3. The van der Waals surface area contributed by atoms with Crippen LogP contribution in [-0.4, -0.2) is 28.4 Å². The Morgan fingerprint density at radius 2 is 2.04 bits per heavy atom. The number of carbonyl (C=O) groups is 3. The fraction of sp³-hybridized carbons (Fsp3) is 0.300. The molecule has 0 bridgehead atoms. The van der Waals surface area contributed by atoms with E-state index in [9.17, 15) is 14.4 Å². The number of halogens is 1. The standard InChI is InChI=1S/C20H21ClN4O3/c1-12(2)11-20(3)18(27)25(19(28)24-20)16-8-7-13(10-14(16)21)23-17(26)15-6-4-5-9-22-15/h4-10,12H,11H2,1-3H3,(H,23,26)(H,24,28)/t20-/m1/s1. The van der Waals surface area contributed by atoms with E-state index in [-0.39, 0.29) is 34.1 Å². The summed E-state index contributed by atoms with van der Waals surface area (Å²) in [5.41, 5.74) is -0.00407. The maximum absolute atomic E-state index is 12.9. The number of nitrogens with zero attached hydrogens (tertiary/aromatic N) is 2. The fourth-order valence-electron chi connectivity index (χ4n) is 3.32. The summed E-state index contributed by atoms with van der Waals surface area (Å²) >= 11 is 6.33. The Hall–Kier alpha value is -2.93. The summed E-state index contributed by atoms with van der Waals surface area (Å²) in [6, 6.07) is 9.12. The highest BCUT2D eigenvalue weighted by Crippen LogP contribution is 2.34. The van der Waals surface area contributed by atoms with Crippen LogP contribution in [0.15, 0.2) is 42.6 Å². The largest absolute Gasteiger partial charge is 0.329 e. The smallest absolute Gasteiger partial charge is 0.323 e. The van der Waals surface area contributed by atoms with E-state index in [4.69, 9.17) is 11.6 Å². The number of benzene rings is 1. The molecule has 2 aromatic rings. The zero-order valence-corrected chi connectivity index (χ0v) is 16.6. The fourth-order valence-corrected chi connectivity index (χ4v) is 3.58. The molecule has 2 N–H and O–H groups in total. The lowest BCUT2D eigenvalue weighted by atomic mass is 9.91. The first-order valence-corrected chi connectivity index (χ1v) is 9.28. The Balaban J connectivity index is 1.82. The molecule has 1 aliphatic heterocycles. The van der Waals surface area contributed by atoms with Crippen LogP contribution in [0, 0.1) is 5.92 Å². The predicted molar refractivity (Wildman–Crippen MR) is 108 cm³/mol. The molecule has 0 unspecified atom stereocenters. The second-order valence-corrected chi connectivity index (χ2v) is 7.74. The van der Waals surface area contributed by atoms with Crippen LogP contribution in [0.2, 0.25) is 5.02 Å². The number of pyridine rings is 1. The van der Waals surface area contributed by atoms with Gasteiger partial charge >= 0.3 is 6.03 Å². The molecule has 1 aliphatic rings. The second kappa shape index (κ2) is 7.59. The molecule has 0 spiro atoms. The molecular formula is C20H21ClN4O3. The number of aromatic nitrogens is 1. The molecule has 4 amide bonds. The topological polar surface area (TPSA) is 91.4 Å². The highest BCUT2D eigenvalue weighted by atomic mass is 35.5. The van der Waals surface area contributed by atoms with Crippen LogP contribution < -0.4 is 15.5 Å². The number of hydrogen-bond donors (Lipinski definition) is 2. The summed E-state index contributed by atoms with van der Waals surface area (Å²) in [7, 11) is 0. The van der Waals surface area contributed by atoms with Crippen molar-refractivity contribution in [1.82, 2.24) is 10.3 Å². The van der Waals surface area contributed by atoms with E-state index in [0.717, 1.165) is 4.90 Å². The van der Waals surface area contributed by atoms with Gasteiger partial charge in [-0.05, 0) is 49.6 Å². The van der Waals surface area contributed by atoms with Crippen molar-refractivity contribution in [2.24, 2.45) is 5.92 Å². The molecule has 28 heavy (non-hydrogen) atoms. The molecule has 7 nitrogen and oxygen atoms in total. The minimum atomic E-state index is -0.972. The highest BCUT2D eigenvalue weighted by molar-refractivity contribution is 6.36. The van der Waals surface area contributed by atoms with E-state index >= 15 is 0 Å².